The molecule has 0 saturated carbocycles. The molecule has 0 aromatic rings. The molecule has 2 heteroatoms. The Morgan fingerprint density at radius 2 is 1.92 bits per heavy atom. The first-order chi connectivity index (χ1) is 5.70. The highest BCUT2D eigenvalue weighted by molar-refractivity contribution is 5.83. The summed E-state index contributed by atoms with van der Waals surface area (Å²) in [5.74, 6) is 0.349. The van der Waals surface area contributed by atoms with Crippen LogP contribution in [0.25, 0.3) is 0 Å². The van der Waals surface area contributed by atoms with E-state index in [1.54, 1.807) is 0 Å². The zero-order valence-electron chi connectivity index (χ0n) is 7.68. The van der Waals surface area contributed by atoms with Crippen LogP contribution in [-0.4, -0.2) is 11.9 Å². The van der Waals surface area contributed by atoms with E-state index in [-0.39, 0.29) is 11.8 Å². The number of hydrogen-bond acceptors (Lipinski definition) is 1. The van der Waals surface area contributed by atoms with Crippen LogP contribution in [0.5, 0.6) is 0 Å². The van der Waals surface area contributed by atoms with Gasteiger partial charge in [-0.15, -0.1) is 0 Å². The van der Waals surface area contributed by atoms with Crippen molar-refractivity contribution in [1.82, 2.24) is 5.32 Å². The lowest BCUT2D eigenvalue weighted by molar-refractivity contribution is -0.124. The zero-order chi connectivity index (χ0) is 8.72. The molecule has 1 aliphatic heterocycles. The van der Waals surface area contributed by atoms with Gasteiger partial charge in [0.1, 0.15) is 0 Å². The average Bonchev–Trinajstić information content (AvgIpc) is 2.48. The van der Waals surface area contributed by atoms with Gasteiger partial charge in [0.25, 0.3) is 0 Å². The molecule has 0 saturated heterocycles. The van der Waals surface area contributed by atoms with Gasteiger partial charge in [-0.1, -0.05) is 5.57 Å². The number of amides is 1. The smallest absolute Gasteiger partial charge is 0.227 e. The number of nitrogens with one attached hydrogen (secondary N) is 1. The van der Waals surface area contributed by atoms with Crippen molar-refractivity contribution in [1.29, 1.82) is 0 Å². The summed E-state index contributed by atoms with van der Waals surface area (Å²) >= 11 is 0. The van der Waals surface area contributed by atoms with Crippen molar-refractivity contribution in [2.75, 3.05) is 0 Å². The van der Waals surface area contributed by atoms with Crippen LogP contribution in [0.4, 0.5) is 0 Å². The van der Waals surface area contributed by atoms with E-state index in [2.05, 4.69) is 12.2 Å². The molecular formula is C10H15NO. The van der Waals surface area contributed by atoms with Gasteiger partial charge in [-0.2, -0.15) is 0 Å². The maximum atomic E-state index is 11.4. The second-order valence-corrected chi connectivity index (χ2v) is 3.86. The largest absolute Gasteiger partial charge is 0.349 e. The summed E-state index contributed by atoms with van der Waals surface area (Å²) in [6.45, 7) is 4.10. The predicted molar refractivity (Wildman–Crippen MR) is 47.6 cm³/mol. The minimum Gasteiger partial charge on any atom is -0.349 e. The Morgan fingerprint density at radius 1 is 1.25 bits per heavy atom. The standard InChI is InChI=1S/C10H15NO/c1-6-8-4-3-5-9(8)7(2)11-10(6)12/h6-7H,3-5H2,1-2H3,(H,11,12). The van der Waals surface area contributed by atoms with Crippen molar-refractivity contribution in [3.8, 4) is 0 Å². The molecule has 12 heavy (non-hydrogen) atoms. The molecule has 0 radical (unpaired) electrons. The van der Waals surface area contributed by atoms with Crippen molar-refractivity contribution in [3.63, 3.8) is 0 Å². The van der Waals surface area contributed by atoms with E-state index in [4.69, 9.17) is 0 Å². The molecule has 1 amide bonds. The third-order valence-electron chi connectivity index (χ3n) is 3.10. The van der Waals surface area contributed by atoms with E-state index >= 15 is 0 Å². The van der Waals surface area contributed by atoms with Crippen molar-refractivity contribution in [2.24, 2.45) is 5.92 Å². The van der Waals surface area contributed by atoms with Gasteiger partial charge in [0, 0.05) is 6.04 Å². The second-order valence-electron chi connectivity index (χ2n) is 3.86. The Kier molecular flexibility index (Phi) is 1.71. The van der Waals surface area contributed by atoms with Gasteiger partial charge in [0.15, 0.2) is 0 Å². The number of carbonyl (C=O) groups is 1. The molecule has 2 rings (SSSR count). The van der Waals surface area contributed by atoms with Crippen molar-refractivity contribution in [3.05, 3.63) is 11.1 Å². The fourth-order valence-corrected chi connectivity index (χ4v) is 2.36. The van der Waals surface area contributed by atoms with Crippen molar-refractivity contribution in [2.45, 2.75) is 39.2 Å². The van der Waals surface area contributed by atoms with E-state index in [0.29, 0.717) is 6.04 Å². The third kappa shape index (κ3) is 0.977. The topological polar surface area (TPSA) is 29.1 Å². The molecule has 0 aromatic carbocycles. The summed E-state index contributed by atoms with van der Waals surface area (Å²) < 4.78 is 0. The molecule has 66 valence electrons. The molecule has 0 spiro atoms. The molecule has 2 unspecified atom stereocenters. The first-order valence-corrected chi connectivity index (χ1v) is 4.72. The van der Waals surface area contributed by atoms with Crippen LogP contribution in [0.1, 0.15) is 33.1 Å². The van der Waals surface area contributed by atoms with Crippen LogP contribution in [0.15, 0.2) is 11.1 Å². The van der Waals surface area contributed by atoms with Crippen LogP contribution in [-0.2, 0) is 4.79 Å². The second kappa shape index (κ2) is 2.61. The van der Waals surface area contributed by atoms with Crippen LogP contribution < -0.4 is 5.32 Å². The number of carbonyl (C=O) groups excluding carboxylic acids is 1. The summed E-state index contributed by atoms with van der Waals surface area (Å²) in [6, 6.07) is 0.297. The molecular weight excluding hydrogens is 150 g/mol. The van der Waals surface area contributed by atoms with Gasteiger partial charge in [0.05, 0.1) is 5.92 Å². The Morgan fingerprint density at radius 3 is 2.67 bits per heavy atom. The van der Waals surface area contributed by atoms with Gasteiger partial charge in [-0.25, -0.2) is 0 Å². The molecule has 0 aromatic heterocycles. The molecule has 1 aliphatic carbocycles. The lowest BCUT2D eigenvalue weighted by atomic mass is 9.90. The van der Waals surface area contributed by atoms with Gasteiger partial charge in [0.2, 0.25) is 5.91 Å². The normalized spacial score (nSPS) is 35.0. The number of rotatable bonds is 0. The molecule has 0 fully saturated rings. The van der Waals surface area contributed by atoms with E-state index in [1.807, 2.05) is 6.92 Å². The maximum absolute atomic E-state index is 11.4. The molecule has 2 aliphatic rings. The summed E-state index contributed by atoms with van der Waals surface area (Å²) in [6.07, 6.45) is 3.59. The SMILES string of the molecule is CC1NC(=O)C(C)C2=C1CCC2. The quantitative estimate of drug-likeness (QED) is 0.543. The highest BCUT2D eigenvalue weighted by Crippen LogP contribution is 2.36. The molecule has 0 bridgehead atoms. The van der Waals surface area contributed by atoms with Crippen molar-refractivity contribution >= 4 is 5.91 Å². The van der Waals surface area contributed by atoms with Crippen LogP contribution in [0, 0.1) is 5.92 Å². The fraction of sp³-hybridized carbons (Fsp3) is 0.700. The maximum Gasteiger partial charge on any atom is 0.227 e. The van der Waals surface area contributed by atoms with Gasteiger partial charge in [-0.3, -0.25) is 4.79 Å². The average molecular weight is 165 g/mol. The van der Waals surface area contributed by atoms with Crippen LogP contribution in [0.2, 0.25) is 0 Å². The lowest BCUT2D eigenvalue weighted by Gasteiger charge is -2.27. The fourth-order valence-electron chi connectivity index (χ4n) is 2.36. The summed E-state index contributed by atoms with van der Waals surface area (Å²) in [5.41, 5.74) is 2.92. The molecule has 2 nitrogen and oxygen atoms in total. The van der Waals surface area contributed by atoms with E-state index in [0.717, 1.165) is 6.42 Å². The van der Waals surface area contributed by atoms with Gasteiger partial charge < -0.3 is 5.32 Å². The van der Waals surface area contributed by atoms with E-state index < -0.39 is 0 Å². The Hall–Kier alpha value is -0.790. The monoisotopic (exact) mass is 165 g/mol. The highest BCUT2D eigenvalue weighted by atomic mass is 16.2. The molecule has 1 N–H and O–H groups in total. The zero-order valence-corrected chi connectivity index (χ0v) is 7.68. The van der Waals surface area contributed by atoms with Gasteiger partial charge in [-0.05, 0) is 38.7 Å². The summed E-state index contributed by atoms with van der Waals surface area (Å²) in [5, 5.41) is 3.00. The summed E-state index contributed by atoms with van der Waals surface area (Å²) in [4.78, 5) is 11.4. The first kappa shape index (κ1) is 7.84. The Labute approximate surface area is 73.0 Å². The van der Waals surface area contributed by atoms with E-state index in [9.17, 15) is 4.79 Å². The van der Waals surface area contributed by atoms with Crippen molar-refractivity contribution < 1.29 is 4.79 Å². The van der Waals surface area contributed by atoms with Crippen LogP contribution >= 0.6 is 0 Å². The minimum absolute atomic E-state index is 0.138. The Balaban J connectivity index is 2.35. The van der Waals surface area contributed by atoms with E-state index in [1.165, 1.54) is 24.0 Å². The van der Waals surface area contributed by atoms with Crippen LogP contribution in [0.3, 0.4) is 0 Å². The number of hydrogen-bond donors (Lipinski definition) is 1. The predicted octanol–water partition coefficient (Wildman–Crippen LogP) is 1.62. The lowest BCUT2D eigenvalue weighted by Crippen LogP contribution is -2.42. The minimum atomic E-state index is 0.138. The highest BCUT2D eigenvalue weighted by Gasteiger charge is 2.32. The first-order valence-electron chi connectivity index (χ1n) is 4.72. The Bertz CT molecular complexity index is 255. The molecule has 2 atom stereocenters. The molecule has 1 heterocycles. The summed E-state index contributed by atoms with van der Waals surface area (Å²) in [7, 11) is 0. The van der Waals surface area contributed by atoms with Gasteiger partial charge >= 0.3 is 0 Å². The third-order valence-corrected chi connectivity index (χ3v) is 3.10.